The Morgan fingerprint density at radius 1 is 1.20 bits per heavy atom. The van der Waals surface area contributed by atoms with E-state index in [0.717, 1.165) is 18.7 Å². The number of nitrogens with one attached hydrogen (secondary N) is 2. The molecule has 16 heteroatoms. The summed E-state index contributed by atoms with van der Waals surface area (Å²) < 4.78 is 85.2. The number of halogens is 5. The number of aromatic nitrogens is 3. The molecule has 40 heavy (non-hydrogen) atoms. The number of hydrogen-bond acceptors (Lipinski definition) is 7. The van der Waals surface area contributed by atoms with E-state index in [9.17, 15) is 31.5 Å². The zero-order valence-corrected chi connectivity index (χ0v) is 22.9. The lowest BCUT2D eigenvalue weighted by atomic mass is 10.1. The maximum Gasteiger partial charge on any atom is 0.416 e. The molecule has 0 radical (unpaired) electrons. The highest BCUT2D eigenvalue weighted by Gasteiger charge is 2.49. The Morgan fingerprint density at radius 3 is 2.48 bits per heavy atom. The Labute approximate surface area is 227 Å². The minimum atomic E-state index is -4.69. The van der Waals surface area contributed by atoms with Crippen LogP contribution in [0.4, 0.5) is 31.5 Å². The van der Waals surface area contributed by atoms with Gasteiger partial charge in [0, 0.05) is 12.7 Å². The normalized spacial score (nSPS) is 17.9. The number of imidazole rings is 1. The summed E-state index contributed by atoms with van der Waals surface area (Å²) in [5.74, 6) is -3.16. The lowest BCUT2D eigenvalue weighted by Crippen LogP contribution is -2.58. The molecule has 3 rings (SSSR count). The van der Waals surface area contributed by atoms with Crippen molar-refractivity contribution >= 4 is 17.8 Å². The van der Waals surface area contributed by atoms with E-state index in [0.29, 0.717) is 5.56 Å². The second-order valence-corrected chi connectivity index (χ2v) is 10.9. The van der Waals surface area contributed by atoms with Gasteiger partial charge in [0.1, 0.15) is 5.60 Å². The molecular formula is C24H33F5N6O5. The van der Waals surface area contributed by atoms with Gasteiger partial charge in [-0.05, 0) is 40.7 Å². The molecule has 3 heterocycles. The third-order valence-corrected chi connectivity index (χ3v) is 5.95. The van der Waals surface area contributed by atoms with Gasteiger partial charge in [-0.3, -0.25) is 0 Å². The van der Waals surface area contributed by atoms with Crippen molar-refractivity contribution in [3.05, 3.63) is 29.7 Å². The Balaban J connectivity index is 1.94. The molecule has 11 nitrogen and oxygen atoms in total. The molecule has 0 unspecified atom stereocenters. The van der Waals surface area contributed by atoms with E-state index in [1.807, 2.05) is 0 Å². The van der Waals surface area contributed by atoms with E-state index >= 15 is 0 Å². The summed E-state index contributed by atoms with van der Waals surface area (Å²) in [6, 6.07) is -1.35. The number of methoxy groups -OCH3 is 1. The Hall–Kier alpha value is -3.27. The number of carbonyl (C=O) groups excluding carboxylic acids is 2. The lowest BCUT2D eigenvalue weighted by Gasteiger charge is -2.38. The maximum atomic E-state index is 14.1. The van der Waals surface area contributed by atoms with Crippen molar-refractivity contribution in [2.45, 2.75) is 70.0 Å². The van der Waals surface area contributed by atoms with Gasteiger partial charge in [-0.2, -0.15) is 18.3 Å². The standard InChI is InChI=1S/C24H33F5N6O5/c1-21(2,3)40-20(37)33-16(10-39-22(4,5)24(27,28)29)15-9-35-18(32-15)7-14(8-31-35)17(11-38-6)34-13-23(25,26)12-30-19(34)36/h7-9,16-17H,10-13H2,1-6H3,(H,30,36)(H,33,37)/t16-,17+/m0/s1. The molecule has 0 bridgehead atoms. The zero-order valence-electron chi connectivity index (χ0n) is 22.9. The number of fused-ring (bicyclic) bond motifs is 1. The molecule has 2 N–H and O–H groups in total. The molecule has 1 fully saturated rings. The predicted octanol–water partition coefficient (Wildman–Crippen LogP) is 4.00. The van der Waals surface area contributed by atoms with E-state index in [-0.39, 0.29) is 17.9 Å². The van der Waals surface area contributed by atoms with Gasteiger partial charge in [0.05, 0.1) is 56.5 Å². The zero-order chi connectivity index (χ0) is 30.1. The van der Waals surface area contributed by atoms with Crippen LogP contribution in [0.15, 0.2) is 18.5 Å². The van der Waals surface area contributed by atoms with Crippen molar-refractivity contribution in [3.63, 3.8) is 0 Å². The highest BCUT2D eigenvalue weighted by atomic mass is 19.4. The molecule has 0 aromatic carbocycles. The first-order valence-electron chi connectivity index (χ1n) is 12.3. The van der Waals surface area contributed by atoms with E-state index in [4.69, 9.17) is 14.2 Å². The number of urea groups is 1. The lowest BCUT2D eigenvalue weighted by molar-refractivity contribution is -0.265. The van der Waals surface area contributed by atoms with Gasteiger partial charge in [0.15, 0.2) is 11.2 Å². The average molecular weight is 581 g/mol. The molecule has 1 aliphatic rings. The number of alkyl carbamates (subject to hydrolysis) is 1. The quantitative estimate of drug-likeness (QED) is 0.431. The molecule has 2 atom stereocenters. The van der Waals surface area contributed by atoms with Crippen LogP contribution in [-0.4, -0.2) is 88.3 Å². The van der Waals surface area contributed by atoms with Crippen LogP contribution in [0.2, 0.25) is 0 Å². The van der Waals surface area contributed by atoms with Crippen molar-refractivity contribution in [2.24, 2.45) is 0 Å². The second-order valence-electron chi connectivity index (χ2n) is 10.9. The van der Waals surface area contributed by atoms with E-state index in [2.05, 4.69) is 20.7 Å². The minimum Gasteiger partial charge on any atom is -0.444 e. The van der Waals surface area contributed by atoms with Crippen molar-refractivity contribution in [1.82, 2.24) is 30.1 Å². The molecule has 0 saturated carbocycles. The number of nitrogens with zero attached hydrogens (tertiary/aromatic N) is 4. The number of alkyl halides is 5. The SMILES string of the molecule is COC[C@H](c1cnn2cc([C@H](COC(C)(C)C(F)(F)F)NC(=O)OC(C)(C)C)nc2c1)N1CC(F)(F)CNC1=O. The fourth-order valence-corrected chi connectivity index (χ4v) is 3.74. The Morgan fingerprint density at radius 2 is 1.88 bits per heavy atom. The maximum absolute atomic E-state index is 14.1. The van der Waals surface area contributed by atoms with Crippen LogP contribution in [0.3, 0.4) is 0 Å². The van der Waals surface area contributed by atoms with Crippen LogP contribution in [0.5, 0.6) is 0 Å². The van der Waals surface area contributed by atoms with Gasteiger partial charge < -0.3 is 29.7 Å². The van der Waals surface area contributed by atoms with Gasteiger partial charge in [-0.1, -0.05) is 0 Å². The monoisotopic (exact) mass is 580 g/mol. The average Bonchev–Trinajstić information content (AvgIpc) is 3.23. The first-order chi connectivity index (χ1) is 18.3. The van der Waals surface area contributed by atoms with Gasteiger partial charge in [-0.25, -0.2) is 27.9 Å². The molecule has 1 saturated heterocycles. The number of carbonyl (C=O) groups is 2. The van der Waals surface area contributed by atoms with Crippen LogP contribution in [0.1, 0.15) is 58.0 Å². The number of ether oxygens (including phenoxy) is 3. The Bertz CT molecular complexity index is 1210. The van der Waals surface area contributed by atoms with Crippen LogP contribution in [-0.2, 0) is 14.2 Å². The molecule has 224 valence electrons. The summed E-state index contributed by atoms with van der Waals surface area (Å²) in [7, 11) is 1.35. The summed E-state index contributed by atoms with van der Waals surface area (Å²) in [6.07, 6.45) is -2.89. The van der Waals surface area contributed by atoms with Gasteiger partial charge >= 0.3 is 18.3 Å². The number of hydrogen-bond donors (Lipinski definition) is 2. The fourth-order valence-electron chi connectivity index (χ4n) is 3.74. The van der Waals surface area contributed by atoms with Crippen LogP contribution in [0, 0.1) is 0 Å². The summed E-state index contributed by atoms with van der Waals surface area (Å²) in [6.45, 7) is 4.20. The molecule has 0 spiro atoms. The summed E-state index contributed by atoms with van der Waals surface area (Å²) >= 11 is 0. The van der Waals surface area contributed by atoms with E-state index in [1.165, 1.54) is 30.1 Å². The first kappa shape index (κ1) is 31.3. The van der Waals surface area contributed by atoms with Crippen molar-refractivity contribution in [2.75, 3.05) is 33.4 Å². The van der Waals surface area contributed by atoms with Gasteiger partial charge in [0.2, 0.25) is 0 Å². The number of rotatable bonds is 9. The molecule has 3 amide bonds. The number of amides is 3. The molecule has 1 aliphatic heterocycles. The highest BCUT2D eigenvalue weighted by Crippen LogP contribution is 2.34. The Kier molecular flexibility index (Phi) is 8.84. The van der Waals surface area contributed by atoms with Crippen LogP contribution >= 0.6 is 0 Å². The molecule has 2 aromatic heterocycles. The van der Waals surface area contributed by atoms with Gasteiger partial charge in [0.25, 0.3) is 5.92 Å². The summed E-state index contributed by atoms with van der Waals surface area (Å²) in [4.78, 5) is 30.2. The highest BCUT2D eigenvalue weighted by molar-refractivity contribution is 5.76. The molecular weight excluding hydrogens is 547 g/mol. The fraction of sp³-hybridized carbons (Fsp3) is 0.667. The smallest absolute Gasteiger partial charge is 0.416 e. The van der Waals surface area contributed by atoms with Crippen molar-refractivity contribution in [1.29, 1.82) is 0 Å². The van der Waals surface area contributed by atoms with Crippen LogP contribution < -0.4 is 10.6 Å². The van der Waals surface area contributed by atoms with Gasteiger partial charge in [-0.15, -0.1) is 0 Å². The molecule has 2 aromatic rings. The predicted molar refractivity (Wildman–Crippen MR) is 131 cm³/mol. The summed E-state index contributed by atoms with van der Waals surface area (Å²) in [5.41, 5.74) is -2.83. The third kappa shape index (κ3) is 7.68. The van der Waals surface area contributed by atoms with Crippen LogP contribution in [0.25, 0.3) is 5.65 Å². The largest absolute Gasteiger partial charge is 0.444 e. The topological polar surface area (TPSA) is 119 Å². The van der Waals surface area contributed by atoms with E-state index in [1.54, 1.807) is 20.8 Å². The first-order valence-corrected chi connectivity index (χ1v) is 12.3. The molecule has 0 aliphatic carbocycles. The third-order valence-electron chi connectivity index (χ3n) is 5.95. The van der Waals surface area contributed by atoms with E-state index < -0.39 is 67.2 Å². The van der Waals surface area contributed by atoms with Crippen molar-refractivity contribution in [3.8, 4) is 0 Å². The minimum absolute atomic E-state index is 0.0963. The summed E-state index contributed by atoms with van der Waals surface area (Å²) in [5, 5.41) is 8.85. The van der Waals surface area contributed by atoms with Crippen molar-refractivity contribution < 1.29 is 45.8 Å². The second kappa shape index (κ2) is 11.3.